The van der Waals surface area contributed by atoms with E-state index in [4.69, 9.17) is 5.73 Å². The number of fused-ring (bicyclic) bond motifs is 1. The van der Waals surface area contributed by atoms with Crippen molar-refractivity contribution in [3.8, 4) is 0 Å². The number of thiophene rings is 1. The Morgan fingerprint density at radius 1 is 1.38 bits per heavy atom. The number of hydrogen-bond donors (Lipinski definition) is 1. The number of aromatic nitrogens is 2. The Morgan fingerprint density at radius 3 is 2.81 bits per heavy atom. The highest BCUT2D eigenvalue weighted by Crippen LogP contribution is 2.25. The molecule has 1 atom stereocenters. The largest absolute Gasteiger partial charge is 0.327 e. The number of hydrogen-bond acceptors (Lipinski definition) is 4. The maximum atomic E-state index is 6.19. The quantitative estimate of drug-likeness (QED) is 0.870. The van der Waals surface area contributed by atoms with E-state index in [2.05, 4.69) is 36.8 Å². The van der Waals surface area contributed by atoms with Crippen molar-refractivity contribution in [1.29, 1.82) is 0 Å². The Balaban J connectivity index is 2.31. The summed E-state index contributed by atoms with van der Waals surface area (Å²) in [6.45, 7) is 6.47. The van der Waals surface area contributed by atoms with E-state index in [1.807, 2.05) is 5.38 Å². The van der Waals surface area contributed by atoms with Gasteiger partial charge in [0.2, 0.25) is 0 Å². The van der Waals surface area contributed by atoms with Crippen LogP contribution in [0, 0.1) is 5.41 Å². The summed E-state index contributed by atoms with van der Waals surface area (Å²) < 4.78 is 0. The molecule has 2 rings (SSSR count). The van der Waals surface area contributed by atoms with Crippen molar-refractivity contribution in [3.63, 3.8) is 0 Å². The zero-order valence-electron chi connectivity index (χ0n) is 9.90. The third-order valence-corrected chi connectivity index (χ3v) is 3.69. The third-order valence-electron chi connectivity index (χ3n) is 2.87. The SMILES string of the molecule is CC(C)(C)C(N)Cc1ncnc2sccc12. The molecule has 4 heteroatoms. The minimum atomic E-state index is 0.104. The van der Waals surface area contributed by atoms with Gasteiger partial charge >= 0.3 is 0 Å². The maximum absolute atomic E-state index is 6.19. The molecule has 3 nitrogen and oxygen atoms in total. The summed E-state index contributed by atoms with van der Waals surface area (Å²) in [5.74, 6) is 0. The Morgan fingerprint density at radius 2 is 2.12 bits per heavy atom. The van der Waals surface area contributed by atoms with Crippen molar-refractivity contribution in [2.24, 2.45) is 11.1 Å². The van der Waals surface area contributed by atoms with E-state index in [-0.39, 0.29) is 11.5 Å². The van der Waals surface area contributed by atoms with Gasteiger partial charge in [0.15, 0.2) is 0 Å². The van der Waals surface area contributed by atoms with Crippen LogP contribution >= 0.6 is 11.3 Å². The van der Waals surface area contributed by atoms with Crippen LogP contribution in [0.1, 0.15) is 26.5 Å². The van der Waals surface area contributed by atoms with Gasteiger partial charge in [-0.25, -0.2) is 9.97 Å². The van der Waals surface area contributed by atoms with E-state index in [1.54, 1.807) is 17.7 Å². The Hall–Kier alpha value is -1.00. The standard InChI is InChI=1S/C12H17N3S/c1-12(2,3)10(13)6-9-8-4-5-16-11(8)15-7-14-9/h4-5,7,10H,6,13H2,1-3H3. The van der Waals surface area contributed by atoms with Crippen LogP contribution in [0.25, 0.3) is 10.2 Å². The molecule has 0 aliphatic carbocycles. The average molecular weight is 235 g/mol. The van der Waals surface area contributed by atoms with Crippen LogP contribution in [0.15, 0.2) is 17.8 Å². The molecule has 0 aliphatic rings. The fourth-order valence-electron chi connectivity index (χ4n) is 1.52. The van der Waals surface area contributed by atoms with Crippen LogP contribution in [-0.4, -0.2) is 16.0 Å². The molecule has 0 aliphatic heterocycles. The van der Waals surface area contributed by atoms with E-state index < -0.39 is 0 Å². The molecule has 0 saturated carbocycles. The second-order valence-corrected chi connectivity index (χ2v) is 6.03. The maximum Gasteiger partial charge on any atom is 0.126 e. The first-order chi connectivity index (χ1) is 7.48. The summed E-state index contributed by atoms with van der Waals surface area (Å²) in [6, 6.07) is 2.19. The zero-order chi connectivity index (χ0) is 11.8. The second kappa shape index (κ2) is 4.11. The number of nitrogens with zero attached hydrogens (tertiary/aromatic N) is 2. The number of nitrogens with two attached hydrogens (primary N) is 1. The molecule has 0 spiro atoms. The van der Waals surface area contributed by atoms with Gasteiger partial charge in [-0.2, -0.15) is 0 Å². The third kappa shape index (κ3) is 2.23. The summed E-state index contributed by atoms with van der Waals surface area (Å²) in [7, 11) is 0. The Bertz CT molecular complexity index is 484. The molecule has 0 bridgehead atoms. The topological polar surface area (TPSA) is 51.8 Å². The Labute approximate surface area is 99.7 Å². The molecule has 0 saturated heterocycles. The van der Waals surface area contributed by atoms with Gasteiger partial charge in [-0.1, -0.05) is 20.8 Å². The average Bonchev–Trinajstić information content (AvgIpc) is 2.65. The van der Waals surface area contributed by atoms with Crippen LogP contribution in [0.4, 0.5) is 0 Å². The van der Waals surface area contributed by atoms with Crippen molar-refractivity contribution in [1.82, 2.24) is 9.97 Å². The molecule has 1 unspecified atom stereocenters. The first-order valence-corrected chi connectivity index (χ1v) is 6.29. The second-order valence-electron chi connectivity index (χ2n) is 5.14. The summed E-state index contributed by atoms with van der Waals surface area (Å²) in [5.41, 5.74) is 7.35. The lowest BCUT2D eigenvalue weighted by molar-refractivity contribution is 0.317. The highest BCUT2D eigenvalue weighted by Gasteiger charge is 2.22. The molecule has 16 heavy (non-hydrogen) atoms. The smallest absolute Gasteiger partial charge is 0.126 e. The number of rotatable bonds is 2. The van der Waals surface area contributed by atoms with Crippen molar-refractivity contribution >= 4 is 21.6 Å². The highest BCUT2D eigenvalue weighted by molar-refractivity contribution is 7.16. The van der Waals surface area contributed by atoms with Crippen LogP contribution in [-0.2, 0) is 6.42 Å². The van der Waals surface area contributed by atoms with E-state index in [0.29, 0.717) is 0 Å². The van der Waals surface area contributed by atoms with E-state index in [0.717, 1.165) is 22.3 Å². The minimum Gasteiger partial charge on any atom is -0.327 e. The van der Waals surface area contributed by atoms with E-state index in [9.17, 15) is 0 Å². The molecule has 2 heterocycles. The molecule has 0 radical (unpaired) electrons. The van der Waals surface area contributed by atoms with E-state index in [1.165, 1.54) is 0 Å². The van der Waals surface area contributed by atoms with Gasteiger partial charge < -0.3 is 5.73 Å². The molecule has 2 aromatic rings. The summed E-state index contributed by atoms with van der Waals surface area (Å²) in [5, 5.41) is 3.19. The van der Waals surface area contributed by atoms with Gasteiger partial charge in [0.25, 0.3) is 0 Å². The first-order valence-electron chi connectivity index (χ1n) is 5.41. The van der Waals surface area contributed by atoms with Gasteiger partial charge in [0.05, 0.1) is 5.69 Å². The molecule has 86 valence electrons. The molecular formula is C12H17N3S. The molecule has 0 aromatic carbocycles. The molecule has 2 N–H and O–H groups in total. The van der Waals surface area contributed by atoms with Crippen molar-refractivity contribution < 1.29 is 0 Å². The zero-order valence-corrected chi connectivity index (χ0v) is 10.7. The summed E-state index contributed by atoms with van der Waals surface area (Å²) in [6.07, 6.45) is 2.43. The lowest BCUT2D eigenvalue weighted by Gasteiger charge is -2.26. The normalized spacial score (nSPS) is 14.2. The predicted octanol–water partition coefficient (Wildman–Crippen LogP) is 2.61. The van der Waals surface area contributed by atoms with Crippen molar-refractivity contribution in [2.45, 2.75) is 33.2 Å². The predicted molar refractivity (Wildman–Crippen MR) is 68.5 cm³/mol. The summed E-state index contributed by atoms with van der Waals surface area (Å²) in [4.78, 5) is 9.63. The van der Waals surface area contributed by atoms with Gasteiger partial charge in [-0.3, -0.25) is 0 Å². The Kier molecular flexibility index (Phi) is 2.95. The molecule has 0 fully saturated rings. The van der Waals surface area contributed by atoms with Gasteiger partial charge in [0, 0.05) is 17.8 Å². The first kappa shape index (κ1) is 11.5. The monoisotopic (exact) mass is 235 g/mol. The molecule has 0 amide bonds. The van der Waals surface area contributed by atoms with Gasteiger partial charge in [0.1, 0.15) is 11.2 Å². The summed E-state index contributed by atoms with van der Waals surface area (Å²) >= 11 is 1.64. The van der Waals surface area contributed by atoms with Crippen LogP contribution in [0.3, 0.4) is 0 Å². The molecule has 2 aromatic heterocycles. The lowest BCUT2D eigenvalue weighted by Crippen LogP contribution is -2.37. The highest BCUT2D eigenvalue weighted by atomic mass is 32.1. The fourth-order valence-corrected chi connectivity index (χ4v) is 2.27. The van der Waals surface area contributed by atoms with Crippen LogP contribution in [0.2, 0.25) is 0 Å². The van der Waals surface area contributed by atoms with Crippen LogP contribution < -0.4 is 5.73 Å². The minimum absolute atomic E-state index is 0.104. The molecular weight excluding hydrogens is 218 g/mol. The lowest BCUT2D eigenvalue weighted by atomic mass is 9.84. The van der Waals surface area contributed by atoms with Crippen LogP contribution in [0.5, 0.6) is 0 Å². The van der Waals surface area contributed by atoms with Gasteiger partial charge in [-0.05, 0) is 16.9 Å². The van der Waals surface area contributed by atoms with Gasteiger partial charge in [-0.15, -0.1) is 11.3 Å². The van der Waals surface area contributed by atoms with Crippen molar-refractivity contribution in [3.05, 3.63) is 23.5 Å². The van der Waals surface area contributed by atoms with E-state index >= 15 is 0 Å². The fraction of sp³-hybridized carbons (Fsp3) is 0.500. The van der Waals surface area contributed by atoms with Crippen molar-refractivity contribution in [2.75, 3.05) is 0 Å².